The molecule has 1 aliphatic carbocycles. The fourth-order valence-electron chi connectivity index (χ4n) is 4.96. The number of amides is 1. The molecule has 12 heteroatoms. The van der Waals surface area contributed by atoms with Crippen molar-refractivity contribution < 1.29 is 27.2 Å². The van der Waals surface area contributed by atoms with E-state index in [-0.39, 0.29) is 47.3 Å². The first kappa shape index (κ1) is 27.3. The molecule has 0 radical (unpaired) electrons. The lowest BCUT2D eigenvalue weighted by Gasteiger charge is -2.22. The summed E-state index contributed by atoms with van der Waals surface area (Å²) in [6.07, 6.45) is 5.14. The number of rotatable bonds is 8. The van der Waals surface area contributed by atoms with E-state index in [1.54, 1.807) is 11.2 Å². The van der Waals surface area contributed by atoms with Gasteiger partial charge < -0.3 is 19.9 Å². The molecule has 1 saturated heterocycles. The number of benzene rings is 1. The Labute approximate surface area is 218 Å². The number of thioether (sulfide) groups is 1. The summed E-state index contributed by atoms with van der Waals surface area (Å²) >= 11 is 1.35. The molecule has 1 aromatic heterocycles. The second kappa shape index (κ2) is 12.2. The topological polar surface area (TPSA) is 107 Å². The van der Waals surface area contributed by atoms with E-state index in [1.807, 2.05) is 0 Å². The average Bonchev–Trinajstić information content (AvgIpc) is 3.54. The van der Waals surface area contributed by atoms with Gasteiger partial charge in [0, 0.05) is 12.1 Å². The summed E-state index contributed by atoms with van der Waals surface area (Å²) < 4.78 is 52.6. The van der Waals surface area contributed by atoms with Gasteiger partial charge >= 0.3 is 6.18 Å². The van der Waals surface area contributed by atoms with Crippen molar-refractivity contribution in [1.82, 2.24) is 15.0 Å². The number of hydrogen-bond donors (Lipinski definition) is 1. The summed E-state index contributed by atoms with van der Waals surface area (Å²) in [5.74, 6) is 0.498. The minimum Gasteiger partial charge on any atom is -0.493 e. The van der Waals surface area contributed by atoms with Crippen molar-refractivity contribution in [3.63, 3.8) is 0 Å². The zero-order chi connectivity index (χ0) is 26.4. The molecule has 1 aromatic carbocycles. The summed E-state index contributed by atoms with van der Waals surface area (Å²) in [5.41, 5.74) is 5.35. The first-order chi connectivity index (χ1) is 17.8. The van der Waals surface area contributed by atoms with E-state index in [2.05, 4.69) is 15.1 Å². The summed E-state index contributed by atoms with van der Waals surface area (Å²) in [7, 11) is 0. The maximum absolute atomic E-state index is 13.9. The van der Waals surface area contributed by atoms with Crippen molar-refractivity contribution in [2.24, 2.45) is 16.6 Å². The zero-order valence-corrected chi connectivity index (χ0v) is 21.6. The third kappa shape index (κ3) is 6.97. The van der Waals surface area contributed by atoms with Crippen LogP contribution in [0.25, 0.3) is 11.4 Å². The largest absolute Gasteiger partial charge is 0.493 e. The normalized spacial score (nSPS) is 19.4. The number of carbonyl (C=O) groups is 1. The van der Waals surface area contributed by atoms with E-state index in [1.165, 1.54) is 43.2 Å². The van der Waals surface area contributed by atoms with Gasteiger partial charge in [0.1, 0.15) is 11.8 Å². The molecule has 1 saturated carbocycles. The third-order valence-corrected chi connectivity index (χ3v) is 7.37. The lowest BCUT2D eigenvalue weighted by atomic mass is 9.87. The molecule has 202 valence electrons. The molecule has 0 spiro atoms. The molecule has 1 aliphatic heterocycles. The molecule has 2 heterocycles. The molecule has 0 unspecified atom stereocenters. The summed E-state index contributed by atoms with van der Waals surface area (Å²) in [6.45, 7) is 0.800. The predicted octanol–water partition coefficient (Wildman–Crippen LogP) is 5.45. The monoisotopic (exact) mass is 539 g/mol. The number of alkyl halides is 3. The number of likely N-dealkylation sites (tertiary alicyclic amines) is 1. The van der Waals surface area contributed by atoms with Crippen molar-refractivity contribution in [3.8, 4) is 17.1 Å². The number of aromatic nitrogens is 2. The van der Waals surface area contributed by atoms with Gasteiger partial charge in [-0.15, -0.1) is 0 Å². The number of carbonyl (C=O) groups excluding carboxylic acids is 1. The van der Waals surface area contributed by atoms with E-state index in [0.717, 1.165) is 31.7 Å². The lowest BCUT2D eigenvalue weighted by Crippen LogP contribution is -2.37. The van der Waals surface area contributed by atoms with Crippen LogP contribution in [0.1, 0.15) is 68.9 Å². The highest BCUT2D eigenvalue weighted by molar-refractivity contribution is 7.99. The van der Waals surface area contributed by atoms with Crippen LogP contribution in [0.3, 0.4) is 0 Å². The van der Waals surface area contributed by atoms with E-state index < -0.39 is 17.8 Å². The van der Waals surface area contributed by atoms with Crippen molar-refractivity contribution in [1.29, 1.82) is 0 Å². The fourth-order valence-corrected chi connectivity index (χ4v) is 5.27. The maximum atomic E-state index is 13.9. The highest BCUT2D eigenvalue weighted by Crippen LogP contribution is 2.39. The Hall–Kier alpha value is -2.76. The first-order valence-electron chi connectivity index (χ1n) is 12.6. The third-order valence-electron chi connectivity index (χ3n) is 6.83. The van der Waals surface area contributed by atoms with Crippen molar-refractivity contribution in [2.45, 2.75) is 63.6 Å². The Bertz CT molecular complexity index is 1100. The van der Waals surface area contributed by atoms with Gasteiger partial charge in [-0.25, -0.2) is 0 Å². The Kier molecular flexibility index (Phi) is 8.99. The Morgan fingerprint density at radius 3 is 2.76 bits per heavy atom. The summed E-state index contributed by atoms with van der Waals surface area (Å²) in [4.78, 5) is 21.9. The predicted molar refractivity (Wildman–Crippen MR) is 135 cm³/mol. The molecule has 1 atom stereocenters. The number of nitrogens with zero attached hydrogens (tertiary/aromatic N) is 4. The van der Waals surface area contributed by atoms with Crippen LogP contribution in [0.4, 0.5) is 13.2 Å². The standard InChI is InChI=1S/C25H32F3N5O3S/c1-37-15-21(34)30-24(29)33-12-5-8-19(33)23-31-22(32-36-23)17-9-10-20(18(14-17)25(26,27)28)35-13-11-16-6-3-2-4-7-16/h9-10,14,16,19H,2-8,11-13,15H2,1H3,(H2,29,30,34)/t19-/m0/s1. The Morgan fingerprint density at radius 2 is 2.03 bits per heavy atom. The van der Waals surface area contributed by atoms with E-state index in [0.29, 0.717) is 18.9 Å². The van der Waals surface area contributed by atoms with Gasteiger partial charge in [0.25, 0.3) is 5.91 Å². The molecule has 2 N–H and O–H groups in total. The molecule has 0 bridgehead atoms. The van der Waals surface area contributed by atoms with Crippen molar-refractivity contribution in [3.05, 3.63) is 29.7 Å². The Balaban J connectivity index is 1.49. The molecule has 1 amide bonds. The van der Waals surface area contributed by atoms with E-state index in [4.69, 9.17) is 15.0 Å². The number of hydrogen-bond acceptors (Lipinski definition) is 6. The fraction of sp³-hybridized carbons (Fsp3) is 0.600. The molecular formula is C25H32F3N5O3S. The number of halogens is 3. The summed E-state index contributed by atoms with van der Waals surface area (Å²) in [6, 6.07) is 3.41. The highest BCUT2D eigenvalue weighted by atomic mass is 32.2. The molecule has 2 fully saturated rings. The van der Waals surface area contributed by atoms with Crippen LogP contribution in [-0.4, -0.2) is 52.1 Å². The van der Waals surface area contributed by atoms with Crippen LogP contribution in [-0.2, 0) is 11.0 Å². The molecule has 8 nitrogen and oxygen atoms in total. The minimum atomic E-state index is -4.60. The van der Waals surface area contributed by atoms with Crippen LogP contribution >= 0.6 is 11.8 Å². The van der Waals surface area contributed by atoms with Gasteiger partial charge in [-0.2, -0.15) is 34.9 Å². The van der Waals surface area contributed by atoms with Gasteiger partial charge in [0.05, 0.1) is 17.9 Å². The summed E-state index contributed by atoms with van der Waals surface area (Å²) in [5, 5.41) is 3.92. The lowest BCUT2D eigenvalue weighted by molar-refractivity contribution is -0.139. The molecule has 2 aliphatic rings. The van der Waals surface area contributed by atoms with Crippen LogP contribution < -0.4 is 10.5 Å². The smallest absolute Gasteiger partial charge is 0.419 e. The van der Waals surface area contributed by atoms with Crippen LogP contribution in [0, 0.1) is 5.92 Å². The van der Waals surface area contributed by atoms with Crippen LogP contribution in [0.2, 0.25) is 0 Å². The minimum absolute atomic E-state index is 0.0371. The SMILES string of the molecule is CSCC(=O)N=C(N)N1CCC[C@H]1c1nc(-c2ccc(OCCC3CCCCC3)c(C(F)(F)F)c2)no1. The molecular weight excluding hydrogens is 507 g/mol. The first-order valence-corrected chi connectivity index (χ1v) is 14.0. The van der Waals surface area contributed by atoms with E-state index >= 15 is 0 Å². The quantitative estimate of drug-likeness (QED) is 0.349. The molecule has 37 heavy (non-hydrogen) atoms. The average molecular weight is 540 g/mol. The van der Waals surface area contributed by atoms with Gasteiger partial charge in [-0.3, -0.25) is 4.79 Å². The number of guanidine groups is 1. The molecule has 4 rings (SSSR count). The second-order valence-corrected chi connectivity index (χ2v) is 10.3. The van der Waals surface area contributed by atoms with Gasteiger partial charge in [-0.05, 0) is 49.6 Å². The van der Waals surface area contributed by atoms with Gasteiger partial charge in [0.15, 0.2) is 5.96 Å². The van der Waals surface area contributed by atoms with Crippen molar-refractivity contribution in [2.75, 3.05) is 25.2 Å². The Morgan fingerprint density at radius 1 is 1.24 bits per heavy atom. The molecule has 2 aromatic rings. The second-order valence-electron chi connectivity index (χ2n) is 9.45. The van der Waals surface area contributed by atoms with Crippen LogP contribution in [0.5, 0.6) is 5.75 Å². The number of aliphatic imine (C=N–C) groups is 1. The van der Waals surface area contributed by atoms with Gasteiger partial charge in [-0.1, -0.05) is 37.3 Å². The van der Waals surface area contributed by atoms with Crippen molar-refractivity contribution >= 4 is 23.6 Å². The van der Waals surface area contributed by atoms with Gasteiger partial charge in [0.2, 0.25) is 11.7 Å². The van der Waals surface area contributed by atoms with E-state index in [9.17, 15) is 18.0 Å². The highest BCUT2D eigenvalue weighted by Gasteiger charge is 2.36. The number of ether oxygens (including phenoxy) is 1. The maximum Gasteiger partial charge on any atom is 0.419 e. The van der Waals surface area contributed by atoms with Crippen LogP contribution in [0.15, 0.2) is 27.7 Å². The number of nitrogens with two attached hydrogens (primary N) is 1. The zero-order valence-electron chi connectivity index (χ0n) is 20.8.